The number of nitrogens with one attached hydrogen (secondary N) is 2. The quantitative estimate of drug-likeness (QED) is 0.484. The van der Waals surface area contributed by atoms with E-state index in [0.29, 0.717) is 0 Å². The predicted octanol–water partition coefficient (Wildman–Crippen LogP) is 5.02. The summed E-state index contributed by atoms with van der Waals surface area (Å²) in [5, 5.41) is 6.77. The Morgan fingerprint density at radius 1 is 0.923 bits per heavy atom. The van der Waals surface area contributed by atoms with Crippen LogP contribution in [0.1, 0.15) is 0 Å². The number of ether oxygens (including phenoxy) is 1. The highest BCUT2D eigenvalue weighted by molar-refractivity contribution is 6.11. The third kappa shape index (κ3) is 2.25. The average molecular weight is 340 g/mol. The minimum Gasteiger partial charge on any atom is -0.496 e. The SMILES string of the molecule is COc1cccc2[nH]c3c(Nc4ccc5ccccc5c4)ncnc3c12. The molecule has 0 radical (unpaired) electrons. The molecule has 0 amide bonds. The van der Waals surface area contributed by atoms with E-state index < -0.39 is 0 Å². The van der Waals surface area contributed by atoms with Crippen molar-refractivity contribution < 1.29 is 4.74 Å². The van der Waals surface area contributed by atoms with E-state index in [1.54, 1.807) is 13.4 Å². The lowest BCUT2D eigenvalue weighted by Gasteiger charge is -2.07. The van der Waals surface area contributed by atoms with Crippen LogP contribution in [0.3, 0.4) is 0 Å². The summed E-state index contributed by atoms with van der Waals surface area (Å²) in [5.74, 6) is 1.53. The van der Waals surface area contributed by atoms with Crippen LogP contribution in [-0.4, -0.2) is 22.1 Å². The third-order valence-corrected chi connectivity index (χ3v) is 4.60. The van der Waals surface area contributed by atoms with Gasteiger partial charge >= 0.3 is 0 Å². The van der Waals surface area contributed by atoms with Gasteiger partial charge in [-0.1, -0.05) is 36.4 Å². The summed E-state index contributed by atoms with van der Waals surface area (Å²) in [4.78, 5) is 12.3. The Morgan fingerprint density at radius 2 is 1.81 bits per heavy atom. The minimum absolute atomic E-state index is 0.739. The van der Waals surface area contributed by atoms with Crippen molar-refractivity contribution in [2.75, 3.05) is 12.4 Å². The van der Waals surface area contributed by atoms with Crippen molar-refractivity contribution in [2.45, 2.75) is 0 Å². The van der Waals surface area contributed by atoms with Crippen LogP contribution in [0, 0.1) is 0 Å². The fourth-order valence-electron chi connectivity index (χ4n) is 3.38. The van der Waals surface area contributed by atoms with Gasteiger partial charge < -0.3 is 15.0 Å². The molecule has 5 heteroatoms. The molecule has 0 atom stereocenters. The van der Waals surface area contributed by atoms with Gasteiger partial charge in [-0.15, -0.1) is 0 Å². The molecule has 5 nitrogen and oxygen atoms in total. The molecule has 0 saturated carbocycles. The predicted molar refractivity (Wildman–Crippen MR) is 105 cm³/mol. The van der Waals surface area contributed by atoms with Gasteiger partial charge in [0.25, 0.3) is 0 Å². The Balaban J connectivity index is 1.66. The molecular formula is C21H16N4O. The van der Waals surface area contributed by atoms with Crippen molar-refractivity contribution >= 4 is 44.2 Å². The molecule has 0 saturated heterocycles. The Bertz CT molecular complexity index is 1260. The fourth-order valence-corrected chi connectivity index (χ4v) is 3.38. The smallest absolute Gasteiger partial charge is 0.158 e. The number of aromatic nitrogens is 3. The molecule has 0 aliphatic rings. The van der Waals surface area contributed by atoms with Crippen LogP contribution >= 0.6 is 0 Å². The minimum atomic E-state index is 0.739. The van der Waals surface area contributed by atoms with Crippen molar-refractivity contribution in [1.29, 1.82) is 0 Å². The normalized spacial score (nSPS) is 11.3. The summed E-state index contributed by atoms with van der Waals surface area (Å²) in [6, 6.07) is 20.5. The van der Waals surface area contributed by atoms with Gasteiger partial charge in [0.15, 0.2) is 5.82 Å². The lowest BCUT2D eigenvalue weighted by Crippen LogP contribution is -1.95. The van der Waals surface area contributed by atoms with Crippen LogP contribution < -0.4 is 10.1 Å². The molecular weight excluding hydrogens is 324 g/mol. The molecule has 0 unspecified atom stereocenters. The van der Waals surface area contributed by atoms with E-state index in [4.69, 9.17) is 4.74 Å². The number of rotatable bonds is 3. The first-order chi connectivity index (χ1) is 12.8. The largest absolute Gasteiger partial charge is 0.496 e. The van der Waals surface area contributed by atoms with Crippen molar-refractivity contribution in [3.05, 3.63) is 67.0 Å². The summed E-state index contributed by atoms with van der Waals surface area (Å²) in [6.07, 6.45) is 1.57. The van der Waals surface area contributed by atoms with Crippen molar-refractivity contribution in [1.82, 2.24) is 15.0 Å². The van der Waals surface area contributed by atoms with Crippen LogP contribution in [0.25, 0.3) is 32.7 Å². The standard InChI is InChI=1S/C21H16N4O/c1-26-17-8-4-7-16-18(17)19-20(25-16)21(23-12-22-19)24-15-10-9-13-5-2-3-6-14(13)11-15/h2-12,25H,1H3,(H,22,23,24). The number of methoxy groups -OCH3 is 1. The molecule has 0 fully saturated rings. The zero-order valence-corrected chi connectivity index (χ0v) is 14.2. The van der Waals surface area contributed by atoms with Gasteiger partial charge in [0, 0.05) is 5.69 Å². The summed E-state index contributed by atoms with van der Waals surface area (Å²) >= 11 is 0. The van der Waals surface area contributed by atoms with E-state index in [1.807, 2.05) is 30.3 Å². The maximum absolute atomic E-state index is 5.50. The molecule has 3 aromatic carbocycles. The highest BCUT2D eigenvalue weighted by Gasteiger charge is 2.14. The number of hydrogen-bond donors (Lipinski definition) is 2. The highest BCUT2D eigenvalue weighted by atomic mass is 16.5. The van der Waals surface area contributed by atoms with Crippen LogP contribution in [-0.2, 0) is 0 Å². The highest BCUT2D eigenvalue weighted by Crippen LogP contribution is 2.34. The van der Waals surface area contributed by atoms with Crippen LogP contribution in [0.4, 0.5) is 11.5 Å². The van der Waals surface area contributed by atoms with Crippen LogP contribution in [0.15, 0.2) is 67.0 Å². The second-order valence-corrected chi connectivity index (χ2v) is 6.14. The monoisotopic (exact) mass is 340 g/mol. The van der Waals surface area contributed by atoms with Gasteiger partial charge in [0.05, 0.1) is 18.0 Å². The number of H-pyrrole nitrogens is 1. The number of aromatic amines is 1. The molecule has 2 heterocycles. The molecule has 2 aromatic heterocycles. The Morgan fingerprint density at radius 3 is 2.69 bits per heavy atom. The van der Waals surface area contributed by atoms with E-state index in [1.165, 1.54) is 10.8 Å². The fraction of sp³-hybridized carbons (Fsp3) is 0.0476. The van der Waals surface area contributed by atoms with Crippen molar-refractivity contribution in [3.8, 4) is 5.75 Å². The Labute approximate surface area is 149 Å². The number of anilines is 2. The van der Waals surface area contributed by atoms with Gasteiger partial charge in [0.1, 0.15) is 23.1 Å². The third-order valence-electron chi connectivity index (χ3n) is 4.60. The first kappa shape index (κ1) is 14.7. The second kappa shape index (κ2) is 5.74. The van der Waals surface area contributed by atoms with Gasteiger partial charge in [-0.3, -0.25) is 0 Å². The van der Waals surface area contributed by atoms with E-state index in [-0.39, 0.29) is 0 Å². The van der Waals surface area contributed by atoms with Gasteiger partial charge in [-0.2, -0.15) is 0 Å². The second-order valence-electron chi connectivity index (χ2n) is 6.14. The molecule has 0 aliphatic carbocycles. The number of fused-ring (bicyclic) bond motifs is 4. The molecule has 0 bridgehead atoms. The zero-order chi connectivity index (χ0) is 17.5. The molecule has 0 spiro atoms. The van der Waals surface area contributed by atoms with Crippen molar-refractivity contribution in [2.24, 2.45) is 0 Å². The zero-order valence-electron chi connectivity index (χ0n) is 14.2. The van der Waals surface area contributed by atoms with E-state index >= 15 is 0 Å². The summed E-state index contributed by atoms with van der Waals surface area (Å²) in [5.41, 5.74) is 3.66. The summed E-state index contributed by atoms with van der Waals surface area (Å²) in [7, 11) is 1.67. The van der Waals surface area contributed by atoms with Crippen LogP contribution in [0.2, 0.25) is 0 Å². The first-order valence-corrected chi connectivity index (χ1v) is 8.39. The van der Waals surface area contributed by atoms with E-state index in [0.717, 1.165) is 39.2 Å². The number of hydrogen-bond acceptors (Lipinski definition) is 4. The average Bonchev–Trinajstić information content (AvgIpc) is 3.08. The number of nitrogens with zero attached hydrogens (tertiary/aromatic N) is 2. The molecule has 0 aliphatic heterocycles. The first-order valence-electron chi connectivity index (χ1n) is 8.39. The van der Waals surface area contributed by atoms with E-state index in [2.05, 4.69) is 50.6 Å². The van der Waals surface area contributed by atoms with Gasteiger partial charge in [0.2, 0.25) is 0 Å². The topological polar surface area (TPSA) is 62.8 Å². The number of benzene rings is 3. The Kier molecular flexibility index (Phi) is 3.25. The summed E-state index contributed by atoms with van der Waals surface area (Å²) in [6.45, 7) is 0. The summed E-state index contributed by atoms with van der Waals surface area (Å²) < 4.78 is 5.50. The lowest BCUT2D eigenvalue weighted by molar-refractivity contribution is 0.420. The van der Waals surface area contributed by atoms with E-state index in [9.17, 15) is 0 Å². The van der Waals surface area contributed by atoms with Crippen molar-refractivity contribution in [3.63, 3.8) is 0 Å². The molecule has 5 aromatic rings. The molecule has 126 valence electrons. The van der Waals surface area contributed by atoms with Gasteiger partial charge in [-0.05, 0) is 35.0 Å². The molecule has 5 rings (SSSR count). The maximum Gasteiger partial charge on any atom is 0.158 e. The molecule has 2 N–H and O–H groups in total. The Hall–Kier alpha value is -3.60. The lowest BCUT2D eigenvalue weighted by atomic mass is 10.1. The molecule has 26 heavy (non-hydrogen) atoms. The van der Waals surface area contributed by atoms with Gasteiger partial charge in [-0.25, -0.2) is 9.97 Å². The van der Waals surface area contributed by atoms with Crippen LogP contribution in [0.5, 0.6) is 5.75 Å². The maximum atomic E-state index is 5.50.